The molecule has 1 rings (SSSR count). The van der Waals surface area contributed by atoms with E-state index in [1.165, 1.54) is 0 Å². The Labute approximate surface area is 74.3 Å². The molecule has 0 spiro atoms. The zero-order valence-electron chi connectivity index (χ0n) is 8.17. The van der Waals surface area contributed by atoms with E-state index >= 15 is 0 Å². The van der Waals surface area contributed by atoms with Crippen molar-refractivity contribution in [2.24, 2.45) is 11.8 Å². The van der Waals surface area contributed by atoms with E-state index in [1.54, 1.807) is 0 Å². The third-order valence-corrected chi connectivity index (χ3v) is 2.62. The topological polar surface area (TPSA) is 29.6 Å². The summed E-state index contributed by atoms with van der Waals surface area (Å²) in [5, 5.41) is 0. The molecule has 1 fully saturated rings. The first kappa shape index (κ1) is 9.72. The van der Waals surface area contributed by atoms with Gasteiger partial charge >= 0.3 is 0 Å². The molecule has 2 nitrogen and oxygen atoms in total. The van der Waals surface area contributed by atoms with Crippen LogP contribution in [0, 0.1) is 11.8 Å². The molecule has 0 saturated carbocycles. The van der Waals surface area contributed by atoms with Crippen molar-refractivity contribution in [1.82, 2.24) is 0 Å². The first-order chi connectivity index (χ1) is 5.65. The van der Waals surface area contributed by atoms with E-state index in [1.807, 2.05) is 13.8 Å². The minimum Gasteiger partial charge on any atom is -0.373 e. The van der Waals surface area contributed by atoms with Crippen molar-refractivity contribution < 1.29 is 9.53 Å². The monoisotopic (exact) mass is 170 g/mol. The molecule has 0 radical (unpaired) electrons. The molecule has 1 heterocycles. The van der Waals surface area contributed by atoms with E-state index < -0.39 is 0 Å². The highest BCUT2D eigenvalue weighted by atomic mass is 16.6. The second kappa shape index (κ2) is 4.04. The Morgan fingerprint density at radius 1 is 1.58 bits per heavy atom. The standard InChI is InChI=1S/C10H18O2/c1-4-9(11)7(2)5-8(3)10-6-12-10/h7-8,10H,4-6H2,1-3H3. The zero-order chi connectivity index (χ0) is 9.14. The van der Waals surface area contributed by atoms with Crippen LogP contribution in [0.4, 0.5) is 0 Å². The maximum absolute atomic E-state index is 11.2. The van der Waals surface area contributed by atoms with E-state index in [0.29, 0.717) is 24.2 Å². The molecule has 0 bridgehead atoms. The predicted molar refractivity (Wildman–Crippen MR) is 48.0 cm³/mol. The summed E-state index contributed by atoms with van der Waals surface area (Å²) >= 11 is 0. The predicted octanol–water partition coefficient (Wildman–Crippen LogP) is 2.03. The summed E-state index contributed by atoms with van der Waals surface area (Å²) in [6.45, 7) is 7.01. The van der Waals surface area contributed by atoms with Crippen LogP contribution in [-0.4, -0.2) is 18.5 Å². The highest BCUT2D eigenvalue weighted by molar-refractivity contribution is 5.80. The van der Waals surface area contributed by atoms with Crippen molar-refractivity contribution in [2.75, 3.05) is 6.61 Å². The molecular formula is C10H18O2. The molecule has 0 N–H and O–H groups in total. The molecule has 0 aromatic heterocycles. The lowest BCUT2D eigenvalue weighted by Gasteiger charge is -2.13. The van der Waals surface area contributed by atoms with Gasteiger partial charge in [0.2, 0.25) is 0 Å². The van der Waals surface area contributed by atoms with Crippen molar-refractivity contribution in [2.45, 2.75) is 39.7 Å². The molecule has 1 saturated heterocycles. The second-order valence-corrected chi connectivity index (χ2v) is 3.81. The van der Waals surface area contributed by atoms with Crippen molar-refractivity contribution in [3.05, 3.63) is 0 Å². The summed E-state index contributed by atoms with van der Waals surface area (Å²) in [6, 6.07) is 0. The van der Waals surface area contributed by atoms with Gasteiger partial charge < -0.3 is 4.74 Å². The average Bonchev–Trinajstić information content (AvgIpc) is 2.84. The normalized spacial score (nSPS) is 26.4. The van der Waals surface area contributed by atoms with Crippen LogP contribution in [0.1, 0.15) is 33.6 Å². The first-order valence-electron chi connectivity index (χ1n) is 4.79. The highest BCUT2D eigenvalue weighted by Crippen LogP contribution is 2.26. The van der Waals surface area contributed by atoms with Crippen LogP contribution in [0.25, 0.3) is 0 Å². The van der Waals surface area contributed by atoms with E-state index in [0.717, 1.165) is 13.0 Å². The summed E-state index contributed by atoms with van der Waals surface area (Å²) < 4.78 is 5.17. The zero-order valence-corrected chi connectivity index (χ0v) is 8.17. The van der Waals surface area contributed by atoms with E-state index in [-0.39, 0.29) is 5.92 Å². The number of carbonyl (C=O) groups is 1. The Hall–Kier alpha value is -0.370. The Morgan fingerprint density at radius 3 is 2.58 bits per heavy atom. The van der Waals surface area contributed by atoms with Crippen LogP contribution in [0.3, 0.4) is 0 Å². The number of ether oxygens (including phenoxy) is 1. The van der Waals surface area contributed by atoms with Gasteiger partial charge in [-0.25, -0.2) is 0 Å². The van der Waals surface area contributed by atoms with Gasteiger partial charge in [0, 0.05) is 12.3 Å². The molecule has 0 aliphatic carbocycles. The molecule has 3 unspecified atom stereocenters. The fraction of sp³-hybridized carbons (Fsp3) is 0.900. The Bertz CT molecular complexity index is 161. The fourth-order valence-electron chi connectivity index (χ4n) is 1.57. The molecule has 70 valence electrons. The number of rotatable bonds is 5. The van der Waals surface area contributed by atoms with Gasteiger partial charge in [0.15, 0.2) is 0 Å². The second-order valence-electron chi connectivity index (χ2n) is 3.81. The smallest absolute Gasteiger partial charge is 0.135 e. The summed E-state index contributed by atoms with van der Waals surface area (Å²) in [5.41, 5.74) is 0. The number of hydrogen-bond acceptors (Lipinski definition) is 2. The highest BCUT2D eigenvalue weighted by Gasteiger charge is 2.31. The molecule has 1 aliphatic heterocycles. The van der Waals surface area contributed by atoms with Gasteiger partial charge in [-0.15, -0.1) is 0 Å². The lowest BCUT2D eigenvalue weighted by molar-refractivity contribution is -0.122. The summed E-state index contributed by atoms with van der Waals surface area (Å²) in [5.74, 6) is 1.15. The van der Waals surface area contributed by atoms with E-state index in [9.17, 15) is 4.79 Å². The first-order valence-corrected chi connectivity index (χ1v) is 4.79. The number of ketones is 1. The molecule has 1 aliphatic rings. The minimum absolute atomic E-state index is 0.217. The van der Waals surface area contributed by atoms with Crippen LogP contribution in [0.15, 0.2) is 0 Å². The number of hydrogen-bond donors (Lipinski definition) is 0. The Balaban J connectivity index is 2.23. The Kier molecular flexibility index (Phi) is 3.27. The third kappa shape index (κ3) is 2.59. The Morgan fingerprint density at radius 2 is 2.17 bits per heavy atom. The summed E-state index contributed by atoms with van der Waals surface area (Å²) in [7, 11) is 0. The molecule has 2 heteroatoms. The van der Waals surface area contributed by atoms with Gasteiger partial charge in [-0.2, -0.15) is 0 Å². The molecular weight excluding hydrogens is 152 g/mol. The molecule has 0 aromatic rings. The summed E-state index contributed by atoms with van der Waals surface area (Å²) in [6.07, 6.45) is 2.09. The van der Waals surface area contributed by atoms with E-state index in [4.69, 9.17) is 4.74 Å². The van der Waals surface area contributed by atoms with Crippen molar-refractivity contribution in [3.8, 4) is 0 Å². The fourth-order valence-corrected chi connectivity index (χ4v) is 1.57. The lowest BCUT2D eigenvalue weighted by Crippen LogP contribution is -2.15. The molecule has 0 aromatic carbocycles. The van der Waals surface area contributed by atoms with Crippen LogP contribution in [0.2, 0.25) is 0 Å². The van der Waals surface area contributed by atoms with Gasteiger partial charge in [-0.05, 0) is 12.3 Å². The van der Waals surface area contributed by atoms with Crippen molar-refractivity contribution >= 4 is 5.78 Å². The maximum Gasteiger partial charge on any atom is 0.135 e. The number of epoxide rings is 1. The minimum atomic E-state index is 0.217. The van der Waals surface area contributed by atoms with Crippen molar-refractivity contribution in [3.63, 3.8) is 0 Å². The van der Waals surface area contributed by atoms with Gasteiger partial charge in [0.05, 0.1) is 12.7 Å². The van der Waals surface area contributed by atoms with Crippen LogP contribution in [0.5, 0.6) is 0 Å². The summed E-state index contributed by atoms with van der Waals surface area (Å²) in [4.78, 5) is 11.2. The van der Waals surface area contributed by atoms with Gasteiger partial charge in [0.25, 0.3) is 0 Å². The van der Waals surface area contributed by atoms with Gasteiger partial charge in [-0.3, -0.25) is 4.79 Å². The van der Waals surface area contributed by atoms with Crippen LogP contribution >= 0.6 is 0 Å². The molecule has 12 heavy (non-hydrogen) atoms. The van der Waals surface area contributed by atoms with Crippen LogP contribution < -0.4 is 0 Å². The van der Waals surface area contributed by atoms with Gasteiger partial charge in [0.1, 0.15) is 5.78 Å². The number of carbonyl (C=O) groups excluding carboxylic acids is 1. The molecule has 3 atom stereocenters. The van der Waals surface area contributed by atoms with Crippen molar-refractivity contribution in [1.29, 1.82) is 0 Å². The number of Topliss-reactive ketones (excluding diaryl/α,β-unsaturated/α-hetero) is 1. The maximum atomic E-state index is 11.2. The quantitative estimate of drug-likeness (QED) is 0.591. The third-order valence-electron chi connectivity index (χ3n) is 2.62. The largest absolute Gasteiger partial charge is 0.373 e. The average molecular weight is 170 g/mol. The SMILES string of the molecule is CCC(=O)C(C)CC(C)C1CO1. The lowest BCUT2D eigenvalue weighted by atomic mass is 9.91. The van der Waals surface area contributed by atoms with Gasteiger partial charge in [-0.1, -0.05) is 20.8 Å². The van der Waals surface area contributed by atoms with E-state index in [2.05, 4.69) is 6.92 Å². The molecule has 0 amide bonds. The van der Waals surface area contributed by atoms with Crippen LogP contribution in [-0.2, 0) is 9.53 Å².